The van der Waals surface area contributed by atoms with Crippen LogP contribution in [0.5, 0.6) is 5.88 Å². The van der Waals surface area contributed by atoms with Gasteiger partial charge in [-0.15, -0.1) is 0 Å². The van der Waals surface area contributed by atoms with Crippen molar-refractivity contribution in [2.75, 3.05) is 13.1 Å². The number of allylic oxidation sites excluding steroid dienone is 1. The van der Waals surface area contributed by atoms with Gasteiger partial charge in [-0.3, -0.25) is 4.79 Å². The molecule has 2 rings (SSSR count). The quantitative estimate of drug-likeness (QED) is 0.746. The topological polar surface area (TPSA) is 66.2 Å². The first-order valence-corrected chi connectivity index (χ1v) is 5.68. The predicted molar refractivity (Wildman–Crippen MR) is 64.8 cm³/mol. The number of aromatic nitrogens is 1. The lowest BCUT2D eigenvalue weighted by atomic mass is 10.1. The molecule has 0 unspecified atom stereocenters. The average molecular weight is 243 g/mol. The normalized spacial score (nSPS) is 15.2. The average Bonchev–Trinajstić information content (AvgIpc) is 2.33. The molecule has 0 radical (unpaired) electrons. The Balaban J connectivity index is 1.91. The first-order chi connectivity index (χ1) is 8.74. The van der Waals surface area contributed by atoms with E-state index in [1.807, 2.05) is 6.07 Å². The summed E-state index contributed by atoms with van der Waals surface area (Å²) in [5.41, 5.74) is 0.413. The van der Waals surface area contributed by atoms with Crippen molar-refractivity contribution < 1.29 is 9.53 Å². The second kappa shape index (κ2) is 5.32. The van der Waals surface area contributed by atoms with Crippen molar-refractivity contribution in [3.63, 3.8) is 0 Å². The molecule has 18 heavy (non-hydrogen) atoms. The van der Waals surface area contributed by atoms with E-state index in [1.54, 1.807) is 36.2 Å². The largest absolute Gasteiger partial charge is 0.470 e. The molecule has 5 heteroatoms. The molecule has 0 N–H and O–H groups in total. The summed E-state index contributed by atoms with van der Waals surface area (Å²) in [4.78, 5) is 17.2. The van der Waals surface area contributed by atoms with Crippen LogP contribution in [0, 0.1) is 11.3 Å². The molecule has 1 aromatic rings. The highest BCUT2D eigenvalue weighted by Crippen LogP contribution is 2.19. The number of nitriles is 1. The van der Waals surface area contributed by atoms with Crippen LogP contribution in [0.1, 0.15) is 12.5 Å². The molecule has 1 fully saturated rings. The zero-order valence-electron chi connectivity index (χ0n) is 10.0. The van der Waals surface area contributed by atoms with Crippen LogP contribution in [-0.2, 0) is 4.79 Å². The summed E-state index contributed by atoms with van der Waals surface area (Å²) in [6.45, 7) is 2.87. The number of hydrogen-bond acceptors (Lipinski definition) is 4. The van der Waals surface area contributed by atoms with Crippen LogP contribution in [0.2, 0.25) is 0 Å². The fourth-order valence-corrected chi connectivity index (χ4v) is 1.67. The van der Waals surface area contributed by atoms with Crippen molar-refractivity contribution in [1.29, 1.82) is 5.26 Å². The molecule has 0 aliphatic carbocycles. The van der Waals surface area contributed by atoms with Gasteiger partial charge in [0.05, 0.1) is 13.1 Å². The summed E-state index contributed by atoms with van der Waals surface area (Å²) in [5, 5.41) is 8.89. The van der Waals surface area contributed by atoms with E-state index in [9.17, 15) is 4.79 Å². The Bertz CT molecular complexity index is 513. The summed E-state index contributed by atoms with van der Waals surface area (Å²) >= 11 is 0. The van der Waals surface area contributed by atoms with Gasteiger partial charge in [0.2, 0.25) is 11.8 Å². The number of amides is 1. The zero-order chi connectivity index (χ0) is 13.0. The van der Waals surface area contributed by atoms with E-state index in [2.05, 4.69) is 4.98 Å². The van der Waals surface area contributed by atoms with Crippen LogP contribution in [0.3, 0.4) is 0 Å². The molecule has 0 bridgehead atoms. The lowest BCUT2D eigenvalue weighted by molar-refractivity contribution is -0.134. The van der Waals surface area contributed by atoms with E-state index in [0.29, 0.717) is 24.5 Å². The molecule has 0 atom stereocenters. The van der Waals surface area contributed by atoms with Gasteiger partial charge in [0.25, 0.3) is 0 Å². The molecular weight excluding hydrogens is 230 g/mol. The molecular formula is C13H13N3O2. The standard InChI is InChI=1S/C13H13N3O2/c1-2-4-12(17)16-8-11(9-16)18-13-10(7-14)5-3-6-15-13/h2-6,11H,8-9H2,1H3/b4-2+. The predicted octanol–water partition coefficient (Wildman–Crippen LogP) is 1.12. The number of pyridine rings is 1. The maximum Gasteiger partial charge on any atom is 0.246 e. The van der Waals surface area contributed by atoms with E-state index in [4.69, 9.17) is 10.00 Å². The lowest BCUT2D eigenvalue weighted by Gasteiger charge is -2.38. The van der Waals surface area contributed by atoms with Crippen molar-refractivity contribution in [1.82, 2.24) is 9.88 Å². The van der Waals surface area contributed by atoms with Crippen LogP contribution >= 0.6 is 0 Å². The molecule has 1 aliphatic rings. The Kier molecular flexibility index (Phi) is 3.58. The number of carbonyl (C=O) groups excluding carboxylic acids is 1. The molecule has 1 aliphatic heterocycles. The lowest BCUT2D eigenvalue weighted by Crippen LogP contribution is -2.55. The highest BCUT2D eigenvalue weighted by atomic mass is 16.5. The van der Waals surface area contributed by atoms with Crippen molar-refractivity contribution in [2.24, 2.45) is 0 Å². The summed E-state index contributed by atoms with van der Waals surface area (Å²) < 4.78 is 5.58. The van der Waals surface area contributed by atoms with E-state index >= 15 is 0 Å². The van der Waals surface area contributed by atoms with Gasteiger partial charge < -0.3 is 9.64 Å². The molecule has 0 spiro atoms. The molecule has 5 nitrogen and oxygen atoms in total. The van der Waals surface area contributed by atoms with Gasteiger partial charge in [-0.25, -0.2) is 4.98 Å². The minimum Gasteiger partial charge on any atom is -0.470 e. The third-order valence-corrected chi connectivity index (χ3v) is 2.64. The maximum absolute atomic E-state index is 11.5. The van der Waals surface area contributed by atoms with E-state index in [0.717, 1.165) is 0 Å². The number of carbonyl (C=O) groups is 1. The van der Waals surface area contributed by atoms with Gasteiger partial charge in [-0.05, 0) is 25.1 Å². The van der Waals surface area contributed by atoms with Crippen LogP contribution in [0.4, 0.5) is 0 Å². The molecule has 92 valence electrons. The van der Waals surface area contributed by atoms with Gasteiger partial charge in [-0.2, -0.15) is 5.26 Å². The van der Waals surface area contributed by atoms with Crippen LogP contribution in [0.15, 0.2) is 30.5 Å². The Morgan fingerprint density at radius 2 is 2.44 bits per heavy atom. The number of hydrogen-bond donors (Lipinski definition) is 0. The van der Waals surface area contributed by atoms with E-state index in [1.165, 1.54) is 6.08 Å². The van der Waals surface area contributed by atoms with E-state index < -0.39 is 0 Å². The summed E-state index contributed by atoms with van der Waals surface area (Å²) in [5.74, 6) is 0.321. The monoisotopic (exact) mass is 243 g/mol. The minimum atomic E-state index is -0.0822. The van der Waals surface area contributed by atoms with Crippen LogP contribution in [0.25, 0.3) is 0 Å². The highest BCUT2D eigenvalue weighted by molar-refractivity contribution is 5.88. The molecule has 1 aromatic heterocycles. The first kappa shape index (κ1) is 12.1. The highest BCUT2D eigenvalue weighted by Gasteiger charge is 2.31. The number of likely N-dealkylation sites (tertiary alicyclic amines) is 1. The summed E-state index contributed by atoms with van der Waals surface area (Å²) in [6, 6.07) is 5.37. The molecule has 0 saturated carbocycles. The van der Waals surface area contributed by atoms with Gasteiger partial charge >= 0.3 is 0 Å². The summed E-state index contributed by atoms with van der Waals surface area (Å²) in [6.07, 6.45) is 4.74. The number of nitrogens with zero attached hydrogens (tertiary/aromatic N) is 3. The second-order valence-electron chi connectivity index (χ2n) is 3.95. The zero-order valence-corrected chi connectivity index (χ0v) is 10.0. The van der Waals surface area contributed by atoms with Crippen molar-refractivity contribution >= 4 is 5.91 Å². The Morgan fingerprint density at radius 3 is 3.11 bits per heavy atom. The number of ether oxygens (including phenoxy) is 1. The third-order valence-electron chi connectivity index (χ3n) is 2.64. The second-order valence-corrected chi connectivity index (χ2v) is 3.95. The fourth-order valence-electron chi connectivity index (χ4n) is 1.67. The Hall–Kier alpha value is -2.35. The van der Waals surface area contributed by atoms with Crippen LogP contribution in [-0.4, -0.2) is 35.0 Å². The molecule has 2 heterocycles. The molecule has 1 saturated heterocycles. The Labute approximate surface area is 105 Å². The third kappa shape index (κ3) is 2.48. The van der Waals surface area contributed by atoms with Gasteiger partial charge in [0, 0.05) is 6.20 Å². The Morgan fingerprint density at radius 1 is 1.67 bits per heavy atom. The van der Waals surface area contributed by atoms with Crippen molar-refractivity contribution in [3.8, 4) is 11.9 Å². The smallest absolute Gasteiger partial charge is 0.246 e. The van der Waals surface area contributed by atoms with Gasteiger partial charge in [0.15, 0.2) is 0 Å². The molecule has 1 amide bonds. The van der Waals surface area contributed by atoms with Crippen molar-refractivity contribution in [2.45, 2.75) is 13.0 Å². The maximum atomic E-state index is 11.5. The molecule has 0 aromatic carbocycles. The SMILES string of the molecule is C/C=C/C(=O)N1CC(Oc2ncccc2C#N)C1. The van der Waals surface area contributed by atoms with E-state index in [-0.39, 0.29) is 12.0 Å². The van der Waals surface area contributed by atoms with Crippen LogP contribution < -0.4 is 4.74 Å². The number of rotatable bonds is 3. The summed E-state index contributed by atoms with van der Waals surface area (Å²) in [7, 11) is 0. The van der Waals surface area contributed by atoms with Crippen molar-refractivity contribution in [3.05, 3.63) is 36.0 Å². The first-order valence-electron chi connectivity index (χ1n) is 5.68. The minimum absolute atomic E-state index is 0.0149. The fraction of sp³-hybridized carbons (Fsp3) is 0.308. The van der Waals surface area contributed by atoms with Gasteiger partial charge in [0.1, 0.15) is 17.7 Å². The van der Waals surface area contributed by atoms with Gasteiger partial charge in [-0.1, -0.05) is 6.08 Å².